The van der Waals surface area contributed by atoms with Gasteiger partial charge in [-0.1, -0.05) is 0 Å². The van der Waals surface area contributed by atoms with Crippen LogP contribution in [0.3, 0.4) is 0 Å². The minimum atomic E-state index is -4.72. The number of alkyl halides is 3. The minimum Gasteiger partial charge on any atom is -0.367 e. The molecule has 25 heavy (non-hydrogen) atoms. The summed E-state index contributed by atoms with van der Waals surface area (Å²) >= 11 is 0. The first kappa shape index (κ1) is 17.6. The molecule has 0 bridgehead atoms. The average Bonchev–Trinajstić information content (AvgIpc) is 3.23. The van der Waals surface area contributed by atoms with Crippen LogP contribution in [-0.4, -0.2) is 52.8 Å². The fourth-order valence-corrected chi connectivity index (χ4v) is 3.34. The summed E-state index contributed by atoms with van der Waals surface area (Å²) in [4.78, 5) is 29.0. The van der Waals surface area contributed by atoms with Crippen LogP contribution in [0.15, 0.2) is 24.5 Å². The first-order chi connectivity index (χ1) is 11.8. The van der Waals surface area contributed by atoms with Crippen molar-refractivity contribution in [3.63, 3.8) is 0 Å². The average molecular weight is 358 g/mol. The van der Waals surface area contributed by atoms with Crippen LogP contribution >= 0.6 is 0 Å². The molecule has 0 aliphatic carbocycles. The van der Waals surface area contributed by atoms with Gasteiger partial charge in [-0.05, 0) is 30.5 Å². The zero-order valence-electron chi connectivity index (χ0n) is 13.1. The molecule has 1 aromatic heterocycles. The minimum absolute atomic E-state index is 0.261. The van der Waals surface area contributed by atoms with E-state index in [1.807, 2.05) is 0 Å². The molecule has 2 saturated heterocycles. The second kappa shape index (κ2) is 6.26. The number of ether oxygens (including phenoxy) is 1. The third-order valence-corrected chi connectivity index (χ3v) is 4.53. The Balaban J connectivity index is 2.07. The van der Waals surface area contributed by atoms with Crippen molar-refractivity contribution in [3.05, 3.63) is 30.1 Å². The number of nitrogens with one attached hydrogen (secondary N) is 1. The standard InChI is InChI=1S/C15H17F3N4O3/c16-15(17,18)11-8-10(9-2-5-20-6-3-9)14(25-11,12(19)23)13(24)22-7-1-4-21-22/h2-3,5-6,10-11,21H,1,4,7-8H2,(H2,19,23). The van der Waals surface area contributed by atoms with Crippen LogP contribution < -0.4 is 11.2 Å². The second-order valence-corrected chi connectivity index (χ2v) is 6.04. The summed E-state index contributed by atoms with van der Waals surface area (Å²) in [6.45, 7) is 0.736. The summed E-state index contributed by atoms with van der Waals surface area (Å²) in [5.41, 5.74) is 6.08. The molecule has 1 aromatic rings. The Hall–Kier alpha value is -2.20. The highest BCUT2D eigenvalue weighted by atomic mass is 19.4. The lowest BCUT2D eigenvalue weighted by molar-refractivity contribution is -0.228. The first-order valence-electron chi connectivity index (χ1n) is 7.76. The normalized spacial score (nSPS) is 29.8. The van der Waals surface area contributed by atoms with E-state index in [9.17, 15) is 22.8 Å². The number of primary amides is 1. The summed E-state index contributed by atoms with van der Waals surface area (Å²) in [5.74, 6) is -3.29. The monoisotopic (exact) mass is 358 g/mol. The molecule has 0 aromatic carbocycles. The van der Waals surface area contributed by atoms with Crippen LogP contribution in [0.25, 0.3) is 0 Å². The van der Waals surface area contributed by atoms with Gasteiger partial charge in [-0.25, -0.2) is 5.43 Å². The van der Waals surface area contributed by atoms with Crippen LogP contribution in [-0.2, 0) is 14.3 Å². The number of nitrogens with zero attached hydrogens (tertiary/aromatic N) is 2. The van der Waals surface area contributed by atoms with E-state index in [4.69, 9.17) is 10.5 Å². The molecule has 3 N–H and O–H groups in total. The number of pyridine rings is 1. The summed E-state index contributed by atoms with van der Waals surface area (Å²) in [7, 11) is 0. The molecule has 3 atom stereocenters. The molecule has 3 unspecified atom stereocenters. The van der Waals surface area contributed by atoms with Gasteiger partial charge in [-0.15, -0.1) is 0 Å². The van der Waals surface area contributed by atoms with E-state index >= 15 is 0 Å². The van der Waals surface area contributed by atoms with Gasteiger partial charge < -0.3 is 10.5 Å². The van der Waals surface area contributed by atoms with E-state index < -0.39 is 42.0 Å². The number of rotatable bonds is 3. The molecular formula is C15H17F3N4O3. The number of halogens is 3. The van der Waals surface area contributed by atoms with E-state index in [1.54, 1.807) is 0 Å². The fraction of sp³-hybridized carbons (Fsp3) is 0.533. The molecule has 0 spiro atoms. The molecule has 2 amide bonds. The molecule has 0 radical (unpaired) electrons. The number of aromatic nitrogens is 1. The number of hydrazine groups is 1. The zero-order valence-corrected chi connectivity index (χ0v) is 13.1. The zero-order chi connectivity index (χ0) is 18.2. The number of hydrogen-bond donors (Lipinski definition) is 2. The maximum atomic E-state index is 13.3. The van der Waals surface area contributed by atoms with Gasteiger partial charge in [-0.2, -0.15) is 13.2 Å². The third kappa shape index (κ3) is 2.95. The van der Waals surface area contributed by atoms with Gasteiger partial charge in [0.05, 0.1) is 0 Å². The predicted molar refractivity (Wildman–Crippen MR) is 78.8 cm³/mol. The summed E-state index contributed by atoms with van der Waals surface area (Å²) in [5, 5.41) is 1.11. The lowest BCUT2D eigenvalue weighted by atomic mass is 9.80. The Morgan fingerprint density at radius 1 is 1.36 bits per heavy atom. The first-order valence-corrected chi connectivity index (χ1v) is 7.76. The van der Waals surface area contributed by atoms with E-state index in [-0.39, 0.29) is 6.54 Å². The number of carbonyl (C=O) groups excluding carboxylic acids is 2. The van der Waals surface area contributed by atoms with Gasteiger partial charge in [0.2, 0.25) is 5.60 Å². The molecule has 136 valence electrons. The van der Waals surface area contributed by atoms with Crippen molar-refractivity contribution in [2.45, 2.75) is 36.6 Å². The van der Waals surface area contributed by atoms with Crippen LogP contribution in [0, 0.1) is 0 Å². The number of amides is 2. The van der Waals surface area contributed by atoms with E-state index in [0.717, 1.165) is 5.01 Å². The van der Waals surface area contributed by atoms with Crippen molar-refractivity contribution < 1.29 is 27.5 Å². The van der Waals surface area contributed by atoms with Crippen molar-refractivity contribution >= 4 is 11.8 Å². The molecule has 0 saturated carbocycles. The number of nitrogens with two attached hydrogens (primary N) is 1. The van der Waals surface area contributed by atoms with E-state index in [2.05, 4.69) is 10.4 Å². The van der Waals surface area contributed by atoms with Crippen molar-refractivity contribution in [2.75, 3.05) is 13.1 Å². The van der Waals surface area contributed by atoms with Crippen molar-refractivity contribution in [2.24, 2.45) is 5.73 Å². The predicted octanol–water partition coefficient (Wildman–Crippen LogP) is 0.477. The Bertz CT molecular complexity index is 664. The van der Waals surface area contributed by atoms with Crippen LogP contribution in [0.1, 0.15) is 24.3 Å². The van der Waals surface area contributed by atoms with Crippen LogP contribution in [0.2, 0.25) is 0 Å². The molecule has 7 nitrogen and oxygen atoms in total. The highest BCUT2D eigenvalue weighted by molar-refractivity contribution is 6.09. The third-order valence-electron chi connectivity index (χ3n) is 4.53. The topological polar surface area (TPSA) is 97.6 Å². The molecular weight excluding hydrogens is 341 g/mol. The molecule has 3 heterocycles. The molecule has 3 rings (SSSR count). The van der Waals surface area contributed by atoms with Gasteiger partial charge in [0.1, 0.15) is 0 Å². The SMILES string of the molecule is NC(=O)C1(C(=O)N2CCCN2)OC(C(F)(F)F)CC1c1ccncc1. The van der Waals surface area contributed by atoms with Gasteiger partial charge >= 0.3 is 6.18 Å². The number of carbonyl (C=O) groups is 2. The largest absolute Gasteiger partial charge is 0.414 e. The van der Waals surface area contributed by atoms with Gasteiger partial charge in [0.25, 0.3) is 11.8 Å². The number of hydrogen-bond acceptors (Lipinski definition) is 5. The molecule has 2 aliphatic heterocycles. The molecule has 10 heteroatoms. The molecule has 2 fully saturated rings. The Morgan fingerprint density at radius 2 is 2.04 bits per heavy atom. The van der Waals surface area contributed by atoms with Crippen LogP contribution in [0.5, 0.6) is 0 Å². The smallest absolute Gasteiger partial charge is 0.367 e. The van der Waals surface area contributed by atoms with Crippen molar-refractivity contribution in [1.29, 1.82) is 0 Å². The summed E-state index contributed by atoms with van der Waals surface area (Å²) in [6.07, 6.45) is -4.19. The highest BCUT2D eigenvalue weighted by Crippen LogP contribution is 2.48. The van der Waals surface area contributed by atoms with Crippen LogP contribution in [0.4, 0.5) is 13.2 Å². The fourth-order valence-electron chi connectivity index (χ4n) is 3.34. The van der Waals surface area contributed by atoms with Crippen molar-refractivity contribution in [1.82, 2.24) is 15.4 Å². The Kier molecular flexibility index (Phi) is 4.41. The Labute approximate surface area is 141 Å². The second-order valence-electron chi connectivity index (χ2n) is 6.04. The van der Waals surface area contributed by atoms with Crippen molar-refractivity contribution in [3.8, 4) is 0 Å². The quantitative estimate of drug-likeness (QED) is 0.766. The summed E-state index contributed by atoms with van der Waals surface area (Å²) in [6, 6.07) is 2.91. The van der Waals surface area contributed by atoms with Gasteiger partial charge in [-0.3, -0.25) is 19.6 Å². The Morgan fingerprint density at radius 3 is 2.56 bits per heavy atom. The van der Waals surface area contributed by atoms with Gasteiger partial charge in [0, 0.05) is 31.4 Å². The lowest BCUT2D eigenvalue weighted by Crippen LogP contribution is -2.61. The van der Waals surface area contributed by atoms with Gasteiger partial charge in [0.15, 0.2) is 6.10 Å². The molecule has 2 aliphatic rings. The maximum absolute atomic E-state index is 13.3. The lowest BCUT2D eigenvalue weighted by Gasteiger charge is -2.33. The van der Waals surface area contributed by atoms with E-state index in [0.29, 0.717) is 18.5 Å². The van der Waals surface area contributed by atoms with E-state index in [1.165, 1.54) is 24.5 Å². The summed E-state index contributed by atoms with van der Waals surface area (Å²) < 4.78 is 44.9. The highest BCUT2D eigenvalue weighted by Gasteiger charge is 2.65. The maximum Gasteiger partial charge on any atom is 0.414 e.